The summed E-state index contributed by atoms with van der Waals surface area (Å²) in [6, 6.07) is 0. The van der Waals surface area contributed by atoms with Gasteiger partial charge in [-0.15, -0.1) is 12.4 Å². The Morgan fingerprint density at radius 2 is 2.22 bits per heavy atom. The van der Waals surface area contributed by atoms with Crippen LogP contribution >= 0.6 is 23.7 Å². The van der Waals surface area contributed by atoms with Crippen LogP contribution in [-0.4, -0.2) is 4.98 Å². The van der Waals surface area contributed by atoms with Crippen molar-refractivity contribution in [3.05, 3.63) is 10.8 Å². The predicted octanol–water partition coefficient (Wildman–Crippen LogP) is 1.59. The van der Waals surface area contributed by atoms with Crippen molar-refractivity contribution in [3.8, 4) is 0 Å². The number of nitrogens with two attached hydrogens (primary N) is 1. The predicted molar refractivity (Wildman–Crippen MR) is 38.5 cm³/mol. The van der Waals surface area contributed by atoms with Crippen LogP contribution in [0.4, 0.5) is 9.52 Å². The van der Waals surface area contributed by atoms with E-state index in [-0.39, 0.29) is 17.5 Å². The van der Waals surface area contributed by atoms with Gasteiger partial charge in [0.05, 0.1) is 5.69 Å². The molecule has 0 aliphatic heterocycles. The normalized spacial score (nSPS) is 8.67. The third kappa shape index (κ3) is 1.80. The van der Waals surface area contributed by atoms with Crippen molar-refractivity contribution in [1.29, 1.82) is 0 Å². The third-order valence-corrected chi connectivity index (χ3v) is 1.53. The van der Waals surface area contributed by atoms with Crippen LogP contribution in [0.3, 0.4) is 0 Å². The lowest BCUT2D eigenvalue weighted by atomic mass is 10.6. The van der Waals surface area contributed by atoms with Crippen molar-refractivity contribution < 1.29 is 4.39 Å². The summed E-state index contributed by atoms with van der Waals surface area (Å²) < 4.78 is 12.2. The summed E-state index contributed by atoms with van der Waals surface area (Å²) in [6.07, 6.45) is 0. The molecule has 0 aliphatic carbocycles. The standard InChI is InChI=1S/C4H5FN2S.ClH/c1-2-3(5)8-4(6)7-2;/h1H3,(H2,6,7);1H. The molecular formula is C4H6ClFN2S. The summed E-state index contributed by atoms with van der Waals surface area (Å²) in [5, 5.41) is 0.00231. The Balaban J connectivity index is 0.000000640. The molecule has 0 saturated carbocycles. The second-order valence-corrected chi connectivity index (χ2v) is 2.39. The van der Waals surface area contributed by atoms with Gasteiger partial charge >= 0.3 is 0 Å². The number of nitrogens with zero attached hydrogens (tertiary/aromatic N) is 1. The fraction of sp³-hybridized carbons (Fsp3) is 0.250. The molecule has 1 aromatic rings. The molecule has 0 radical (unpaired) electrons. The van der Waals surface area contributed by atoms with Crippen molar-refractivity contribution in [2.45, 2.75) is 6.92 Å². The summed E-state index contributed by atoms with van der Waals surface area (Å²) in [5.41, 5.74) is 5.53. The Bertz CT molecular complexity index is 181. The minimum atomic E-state index is -0.289. The van der Waals surface area contributed by atoms with Crippen molar-refractivity contribution in [1.82, 2.24) is 4.98 Å². The fourth-order valence-electron chi connectivity index (χ4n) is 0.398. The first-order valence-corrected chi connectivity index (χ1v) is 2.90. The molecule has 0 amide bonds. The number of aromatic nitrogens is 1. The zero-order valence-electron chi connectivity index (χ0n) is 4.72. The van der Waals surface area contributed by atoms with Gasteiger partial charge in [-0.3, -0.25) is 0 Å². The molecule has 1 aromatic heterocycles. The van der Waals surface area contributed by atoms with Gasteiger partial charge in [0.25, 0.3) is 0 Å². The topological polar surface area (TPSA) is 38.9 Å². The van der Waals surface area contributed by atoms with E-state index in [2.05, 4.69) is 4.98 Å². The maximum absolute atomic E-state index is 12.2. The minimum Gasteiger partial charge on any atom is -0.375 e. The van der Waals surface area contributed by atoms with Crippen LogP contribution in [0.5, 0.6) is 0 Å². The molecule has 0 fully saturated rings. The molecule has 52 valence electrons. The second-order valence-electron chi connectivity index (χ2n) is 1.41. The molecule has 9 heavy (non-hydrogen) atoms. The lowest BCUT2D eigenvalue weighted by Crippen LogP contribution is -1.80. The molecule has 0 atom stereocenters. The number of hydrogen-bond donors (Lipinski definition) is 1. The molecule has 2 nitrogen and oxygen atoms in total. The van der Waals surface area contributed by atoms with Crippen LogP contribution in [0, 0.1) is 12.1 Å². The number of aryl methyl sites for hydroxylation is 1. The van der Waals surface area contributed by atoms with Crippen LogP contribution in [0.25, 0.3) is 0 Å². The number of nitrogen functional groups attached to an aromatic ring is 1. The second kappa shape index (κ2) is 2.98. The highest BCUT2D eigenvalue weighted by atomic mass is 35.5. The van der Waals surface area contributed by atoms with Crippen molar-refractivity contribution in [3.63, 3.8) is 0 Å². The highest BCUT2D eigenvalue weighted by Gasteiger charge is 2.00. The first-order valence-electron chi connectivity index (χ1n) is 2.08. The molecule has 0 unspecified atom stereocenters. The van der Waals surface area contributed by atoms with Gasteiger partial charge in [-0.05, 0) is 6.92 Å². The smallest absolute Gasteiger partial charge is 0.201 e. The van der Waals surface area contributed by atoms with E-state index >= 15 is 0 Å². The largest absolute Gasteiger partial charge is 0.375 e. The number of hydrogen-bond acceptors (Lipinski definition) is 3. The molecule has 0 bridgehead atoms. The van der Waals surface area contributed by atoms with Crippen LogP contribution in [0.1, 0.15) is 5.69 Å². The zero-order chi connectivity index (χ0) is 6.15. The number of thiazole rings is 1. The molecule has 0 saturated heterocycles. The quantitative estimate of drug-likeness (QED) is 0.639. The molecule has 2 N–H and O–H groups in total. The van der Waals surface area contributed by atoms with Crippen LogP contribution in [0.15, 0.2) is 0 Å². The fourth-order valence-corrected chi connectivity index (χ4v) is 0.957. The molecular weight excluding hydrogens is 163 g/mol. The molecule has 1 rings (SSSR count). The molecule has 0 spiro atoms. The average molecular weight is 169 g/mol. The molecule has 5 heteroatoms. The Kier molecular flexibility index (Phi) is 2.87. The van der Waals surface area contributed by atoms with E-state index in [9.17, 15) is 4.39 Å². The highest BCUT2D eigenvalue weighted by Crippen LogP contribution is 2.16. The Morgan fingerprint density at radius 1 is 1.67 bits per heavy atom. The van der Waals surface area contributed by atoms with Gasteiger partial charge in [-0.25, -0.2) is 4.98 Å². The minimum absolute atomic E-state index is 0. The van der Waals surface area contributed by atoms with Gasteiger partial charge in [0, 0.05) is 0 Å². The number of rotatable bonds is 0. The van der Waals surface area contributed by atoms with Crippen LogP contribution in [0.2, 0.25) is 0 Å². The van der Waals surface area contributed by atoms with Gasteiger partial charge in [-0.1, -0.05) is 11.3 Å². The molecule has 1 heterocycles. The number of halogens is 2. The Morgan fingerprint density at radius 3 is 2.33 bits per heavy atom. The highest BCUT2D eigenvalue weighted by molar-refractivity contribution is 7.13. The van der Waals surface area contributed by atoms with E-state index in [4.69, 9.17) is 5.73 Å². The summed E-state index contributed by atoms with van der Waals surface area (Å²) in [6.45, 7) is 1.59. The van der Waals surface area contributed by atoms with Crippen LogP contribution in [-0.2, 0) is 0 Å². The maximum atomic E-state index is 12.2. The maximum Gasteiger partial charge on any atom is 0.201 e. The molecule has 0 aliphatic rings. The first-order chi connectivity index (χ1) is 3.70. The average Bonchev–Trinajstić information content (AvgIpc) is 1.85. The van der Waals surface area contributed by atoms with Crippen molar-refractivity contribution in [2.24, 2.45) is 0 Å². The van der Waals surface area contributed by atoms with Crippen LogP contribution < -0.4 is 5.73 Å². The number of anilines is 1. The Labute approximate surface area is 62.3 Å². The summed E-state index contributed by atoms with van der Waals surface area (Å²) in [7, 11) is 0. The van der Waals surface area contributed by atoms with E-state index in [0.717, 1.165) is 11.3 Å². The van der Waals surface area contributed by atoms with E-state index < -0.39 is 0 Å². The van der Waals surface area contributed by atoms with Gasteiger partial charge in [0.2, 0.25) is 5.13 Å². The van der Waals surface area contributed by atoms with E-state index in [1.807, 2.05) is 0 Å². The van der Waals surface area contributed by atoms with E-state index in [0.29, 0.717) is 10.8 Å². The van der Waals surface area contributed by atoms with Crippen molar-refractivity contribution in [2.75, 3.05) is 5.73 Å². The summed E-state index contributed by atoms with van der Waals surface area (Å²) in [4.78, 5) is 3.63. The third-order valence-electron chi connectivity index (χ3n) is 0.757. The lowest BCUT2D eigenvalue weighted by Gasteiger charge is -1.73. The zero-order valence-corrected chi connectivity index (χ0v) is 6.35. The summed E-state index contributed by atoms with van der Waals surface area (Å²) in [5.74, 6) is 0. The lowest BCUT2D eigenvalue weighted by molar-refractivity contribution is 0.643. The van der Waals surface area contributed by atoms with Gasteiger partial charge in [0.1, 0.15) is 0 Å². The van der Waals surface area contributed by atoms with Gasteiger partial charge in [0.15, 0.2) is 5.13 Å². The SMILES string of the molecule is Cc1nc(N)sc1F.Cl. The van der Waals surface area contributed by atoms with Crippen molar-refractivity contribution >= 4 is 28.9 Å². The van der Waals surface area contributed by atoms with Gasteiger partial charge in [-0.2, -0.15) is 4.39 Å². The van der Waals surface area contributed by atoms with Gasteiger partial charge < -0.3 is 5.73 Å². The first kappa shape index (κ1) is 8.65. The monoisotopic (exact) mass is 168 g/mol. The van der Waals surface area contributed by atoms with E-state index in [1.165, 1.54) is 0 Å². The van der Waals surface area contributed by atoms with E-state index in [1.54, 1.807) is 6.92 Å². The summed E-state index contributed by atoms with van der Waals surface area (Å²) >= 11 is 0.869. The Hall–Kier alpha value is -0.350. The molecule has 0 aromatic carbocycles.